The van der Waals surface area contributed by atoms with Crippen molar-refractivity contribution in [1.29, 1.82) is 0 Å². The quantitative estimate of drug-likeness (QED) is 0.855. The van der Waals surface area contributed by atoms with Gasteiger partial charge in [0.2, 0.25) is 5.91 Å². The topological polar surface area (TPSA) is 80.2 Å². The van der Waals surface area contributed by atoms with Gasteiger partial charge in [0.05, 0.1) is 36.4 Å². The highest BCUT2D eigenvalue weighted by molar-refractivity contribution is 7.10. The molecule has 3 heterocycles. The van der Waals surface area contributed by atoms with E-state index in [1.165, 1.54) is 0 Å². The first-order valence-electron chi connectivity index (χ1n) is 9.02. The van der Waals surface area contributed by atoms with Crippen molar-refractivity contribution in [2.45, 2.75) is 31.7 Å². The van der Waals surface area contributed by atoms with Crippen molar-refractivity contribution in [2.75, 3.05) is 32.8 Å². The Morgan fingerprint density at radius 1 is 1.35 bits per heavy atom. The fraction of sp³-hybridized carbons (Fsp3) is 0.556. The summed E-state index contributed by atoms with van der Waals surface area (Å²) in [4.78, 5) is 29.3. The molecule has 0 saturated carbocycles. The Kier molecular flexibility index (Phi) is 5.23. The summed E-state index contributed by atoms with van der Waals surface area (Å²) in [5.41, 5.74) is 3.96. The van der Waals surface area contributed by atoms with Gasteiger partial charge < -0.3 is 10.1 Å². The lowest BCUT2D eigenvalue weighted by atomic mass is 10.1. The van der Waals surface area contributed by atoms with Crippen molar-refractivity contribution in [3.05, 3.63) is 39.9 Å². The second-order valence-corrected chi connectivity index (χ2v) is 7.61. The van der Waals surface area contributed by atoms with Gasteiger partial charge in [-0.1, -0.05) is 0 Å². The number of hydrogen-bond donors (Lipinski definition) is 1. The van der Waals surface area contributed by atoms with Gasteiger partial charge in [-0.15, -0.1) is 11.3 Å². The van der Waals surface area contributed by atoms with Crippen LogP contribution in [-0.2, 0) is 16.0 Å². The second-order valence-electron chi connectivity index (χ2n) is 6.73. The van der Waals surface area contributed by atoms with E-state index in [-0.39, 0.29) is 17.9 Å². The molecule has 2 aliphatic rings. The van der Waals surface area contributed by atoms with Crippen LogP contribution in [-0.4, -0.2) is 58.6 Å². The van der Waals surface area contributed by atoms with E-state index in [9.17, 15) is 4.79 Å². The Labute approximate surface area is 156 Å². The Bertz CT molecular complexity index is 757. The van der Waals surface area contributed by atoms with Gasteiger partial charge in [0.1, 0.15) is 5.82 Å². The van der Waals surface area contributed by atoms with E-state index in [0.717, 1.165) is 47.9 Å². The number of aromatic nitrogens is 3. The van der Waals surface area contributed by atoms with Crippen LogP contribution in [0.1, 0.15) is 40.3 Å². The highest BCUT2D eigenvalue weighted by Gasteiger charge is 2.32. The van der Waals surface area contributed by atoms with Gasteiger partial charge >= 0.3 is 0 Å². The summed E-state index contributed by atoms with van der Waals surface area (Å²) in [5, 5.41) is 3.17. The number of morpholine rings is 1. The number of thiazole rings is 1. The Morgan fingerprint density at radius 3 is 2.88 bits per heavy atom. The summed E-state index contributed by atoms with van der Waals surface area (Å²) in [5.74, 6) is 0.790. The van der Waals surface area contributed by atoms with Crippen LogP contribution in [0, 0.1) is 6.92 Å². The van der Waals surface area contributed by atoms with E-state index in [4.69, 9.17) is 4.74 Å². The molecule has 26 heavy (non-hydrogen) atoms. The minimum atomic E-state index is -0.0582. The zero-order valence-electron chi connectivity index (χ0n) is 14.9. The first-order valence-corrected chi connectivity index (χ1v) is 9.90. The fourth-order valence-electron chi connectivity index (χ4n) is 3.65. The van der Waals surface area contributed by atoms with E-state index in [0.29, 0.717) is 19.8 Å². The average molecular weight is 373 g/mol. The van der Waals surface area contributed by atoms with Gasteiger partial charge in [-0.25, -0.2) is 15.0 Å². The van der Waals surface area contributed by atoms with Crippen LogP contribution in [0.4, 0.5) is 0 Å². The monoisotopic (exact) mass is 373 g/mol. The molecule has 1 aliphatic carbocycles. The molecular formula is C18H23N5O2S. The molecule has 1 saturated heterocycles. The van der Waals surface area contributed by atoms with Crippen LogP contribution in [0.15, 0.2) is 17.9 Å². The van der Waals surface area contributed by atoms with Gasteiger partial charge in [0.15, 0.2) is 0 Å². The predicted octanol–water partition coefficient (Wildman–Crippen LogP) is 1.46. The first-order chi connectivity index (χ1) is 12.7. The van der Waals surface area contributed by atoms with Crippen LogP contribution in [0.5, 0.6) is 0 Å². The van der Waals surface area contributed by atoms with E-state index in [1.54, 1.807) is 11.3 Å². The van der Waals surface area contributed by atoms with Crippen molar-refractivity contribution in [3.63, 3.8) is 0 Å². The molecule has 0 spiro atoms. The van der Waals surface area contributed by atoms with Crippen molar-refractivity contribution in [3.8, 4) is 0 Å². The second kappa shape index (κ2) is 7.77. The molecule has 2 aromatic heterocycles. The summed E-state index contributed by atoms with van der Waals surface area (Å²) >= 11 is 1.59. The molecule has 1 fully saturated rings. The molecule has 2 unspecified atom stereocenters. The van der Waals surface area contributed by atoms with Crippen molar-refractivity contribution in [2.24, 2.45) is 0 Å². The third-order valence-electron chi connectivity index (χ3n) is 5.12. The SMILES string of the molecule is Cc1ncc(C(CNC(=O)C2CCc3ncsc32)N2CCOCC2)cn1. The van der Waals surface area contributed by atoms with E-state index in [1.807, 2.05) is 24.8 Å². The van der Waals surface area contributed by atoms with Crippen molar-refractivity contribution < 1.29 is 9.53 Å². The molecule has 138 valence electrons. The van der Waals surface area contributed by atoms with Crippen LogP contribution in [0.2, 0.25) is 0 Å². The molecule has 0 bridgehead atoms. The summed E-state index contributed by atoms with van der Waals surface area (Å²) < 4.78 is 5.48. The molecule has 1 amide bonds. The Hall–Kier alpha value is -1.90. The van der Waals surface area contributed by atoms with Crippen molar-refractivity contribution >= 4 is 17.2 Å². The number of nitrogens with zero attached hydrogens (tertiary/aromatic N) is 4. The lowest BCUT2D eigenvalue weighted by Crippen LogP contribution is -2.44. The maximum atomic E-state index is 12.8. The molecule has 2 atom stereocenters. The van der Waals surface area contributed by atoms with Crippen molar-refractivity contribution in [1.82, 2.24) is 25.2 Å². The number of fused-ring (bicyclic) bond motifs is 1. The first kappa shape index (κ1) is 17.5. The third-order valence-corrected chi connectivity index (χ3v) is 6.10. The Balaban J connectivity index is 1.46. The number of amides is 1. The minimum absolute atomic E-state index is 0.0582. The lowest BCUT2D eigenvalue weighted by Gasteiger charge is -2.34. The van der Waals surface area contributed by atoms with Crippen LogP contribution in [0.25, 0.3) is 0 Å². The van der Waals surface area contributed by atoms with Gasteiger partial charge in [-0.3, -0.25) is 9.69 Å². The maximum absolute atomic E-state index is 12.8. The molecule has 8 heteroatoms. The normalized spacial score (nSPS) is 21.3. The standard InChI is InChI=1S/C18H23N5O2S/c1-12-19-8-13(9-20-12)16(23-4-6-25-7-5-23)10-21-18(24)14-2-3-15-17(14)26-11-22-15/h8-9,11,14,16H,2-7,10H2,1H3,(H,21,24). The summed E-state index contributed by atoms with van der Waals surface area (Å²) in [7, 11) is 0. The van der Waals surface area contributed by atoms with E-state index in [2.05, 4.69) is 25.2 Å². The van der Waals surface area contributed by atoms with Gasteiger partial charge in [0, 0.05) is 42.5 Å². The molecule has 4 rings (SSSR count). The number of carbonyl (C=O) groups is 1. The predicted molar refractivity (Wildman–Crippen MR) is 98.1 cm³/mol. The Morgan fingerprint density at radius 2 is 2.12 bits per heavy atom. The van der Waals surface area contributed by atoms with Gasteiger partial charge in [-0.2, -0.15) is 0 Å². The third kappa shape index (κ3) is 3.62. The average Bonchev–Trinajstić information content (AvgIpc) is 3.27. The molecule has 7 nitrogen and oxygen atoms in total. The molecule has 1 N–H and O–H groups in total. The number of carbonyl (C=O) groups excluding carboxylic acids is 1. The van der Waals surface area contributed by atoms with E-state index >= 15 is 0 Å². The van der Waals surface area contributed by atoms with Gasteiger partial charge in [-0.05, 0) is 19.8 Å². The molecular weight excluding hydrogens is 350 g/mol. The van der Waals surface area contributed by atoms with Gasteiger partial charge in [0.25, 0.3) is 0 Å². The fourth-order valence-corrected chi connectivity index (χ4v) is 4.63. The lowest BCUT2D eigenvalue weighted by molar-refractivity contribution is -0.122. The summed E-state index contributed by atoms with van der Waals surface area (Å²) in [6.07, 6.45) is 5.49. The number of hydrogen-bond acceptors (Lipinski definition) is 7. The van der Waals surface area contributed by atoms with Crippen LogP contribution < -0.4 is 5.32 Å². The smallest absolute Gasteiger partial charge is 0.228 e. The highest BCUT2D eigenvalue weighted by Crippen LogP contribution is 2.35. The number of aryl methyl sites for hydroxylation is 2. The zero-order chi connectivity index (χ0) is 17.9. The number of ether oxygens (including phenoxy) is 1. The molecule has 1 aliphatic heterocycles. The molecule has 0 radical (unpaired) electrons. The number of rotatable bonds is 5. The maximum Gasteiger partial charge on any atom is 0.228 e. The highest BCUT2D eigenvalue weighted by atomic mass is 32.1. The minimum Gasteiger partial charge on any atom is -0.379 e. The number of nitrogens with one attached hydrogen (secondary N) is 1. The van der Waals surface area contributed by atoms with E-state index < -0.39 is 0 Å². The van der Waals surface area contributed by atoms with Crippen LogP contribution >= 0.6 is 11.3 Å². The molecule has 0 aromatic carbocycles. The van der Waals surface area contributed by atoms with Crippen LogP contribution in [0.3, 0.4) is 0 Å². The summed E-state index contributed by atoms with van der Waals surface area (Å²) in [6, 6.07) is 0.0609. The summed E-state index contributed by atoms with van der Waals surface area (Å²) in [6.45, 7) is 5.54. The zero-order valence-corrected chi connectivity index (χ0v) is 15.7. The largest absolute Gasteiger partial charge is 0.379 e. The molecule has 2 aromatic rings.